The number of amides is 3. The molecule has 2 atom stereocenters. The van der Waals surface area contributed by atoms with Gasteiger partial charge in [-0.25, -0.2) is 4.79 Å². The van der Waals surface area contributed by atoms with Crippen LogP contribution in [0.3, 0.4) is 0 Å². The molecule has 3 amide bonds. The van der Waals surface area contributed by atoms with Crippen LogP contribution in [0.15, 0.2) is 42.5 Å². The van der Waals surface area contributed by atoms with Crippen LogP contribution in [-0.4, -0.2) is 58.7 Å². The van der Waals surface area contributed by atoms with Gasteiger partial charge < -0.3 is 24.4 Å². The number of likely N-dealkylation sites (tertiary alicyclic amines) is 1. The maximum absolute atomic E-state index is 13.9. The lowest BCUT2D eigenvalue weighted by molar-refractivity contribution is -0.141. The van der Waals surface area contributed by atoms with E-state index in [9.17, 15) is 14.4 Å². The number of carbonyl (C=O) groups excluding carboxylic acids is 3. The summed E-state index contributed by atoms with van der Waals surface area (Å²) in [5, 5.41) is 2.91. The van der Waals surface area contributed by atoms with E-state index >= 15 is 0 Å². The molecular weight excluding hydrogens is 462 g/mol. The number of nitrogens with zero attached hydrogens (tertiary/aromatic N) is 2. The van der Waals surface area contributed by atoms with Gasteiger partial charge in [0.1, 0.15) is 17.7 Å². The van der Waals surface area contributed by atoms with Gasteiger partial charge in [-0.15, -0.1) is 0 Å². The Kier molecular flexibility index (Phi) is 6.24. The van der Waals surface area contributed by atoms with Crippen LogP contribution in [0.2, 0.25) is 0 Å². The van der Waals surface area contributed by atoms with Crippen LogP contribution in [-0.2, 0) is 27.3 Å². The maximum Gasteiger partial charge on any atom is 0.411 e. The number of hydrogen-bond donors (Lipinski definition) is 1. The molecule has 0 bridgehead atoms. The van der Waals surface area contributed by atoms with E-state index in [1.54, 1.807) is 43.9 Å². The van der Waals surface area contributed by atoms with Crippen LogP contribution in [0.1, 0.15) is 44.7 Å². The van der Waals surface area contributed by atoms with Crippen LogP contribution in [0.25, 0.3) is 0 Å². The Morgan fingerprint density at radius 2 is 1.72 bits per heavy atom. The number of rotatable bonds is 3. The molecule has 0 radical (unpaired) electrons. The summed E-state index contributed by atoms with van der Waals surface area (Å²) in [6, 6.07) is 11.6. The lowest BCUT2D eigenvalue weighted by atomic mass is 9.93. The minimum Gasteiger partial charge on any atom is -0.454 e. The van der Waals surface area contributed by atoms with Crippen molar-refractivity contribution in [2.75, 3.05) is 18.7 Å². The Bertz CT molecular complexity index is 1190. The Hall–Kier alpha value is -3.75. The first-order chi connectivity index (χ1) is 17.2. The summed E-state index contributed by atoms with van der Waals surface area (Å²) < 4.78 is 16.4. The molecule has 3 aliphatic rings. The van der Waals surface area contributed by atoms with Gasteiger partial charge in [0.05, 0.1) is 6.54 Å². The number of anilines is 1. The molecule has 9 heteroatoms. The molecule has 1 fully saturated rings. The Morgan fingerprint density at radius 3 is 2.50 bits per heavy atom. The van der Waals surface area contributed by atoms with Crippen molar-refractivity contribution in [2.45, 2.75) is 64.3 Å². The van der Waals surface area contributed by atoms with Gasteiger partial charge in [0, 0.05) is 24.7 Å². The predicted octanol–water partition coefficient (Wildman–Crippen LogP) is 3.71. The van der Waals surface area contributed by atoms with Gasteiger partial charge in [-0.1, -0.05) is 24.3 Å². The summed E-state index contributed by atoms with van der Waals surface area (Å²) in [4.78, 5) is 43.3. The highest BCUT2D eigenvalue weighted by molar-refractivity contribution is 5.99. The number of benzene rings is 2. The predicted molar refractivity (Wildman–Crippen MR) is 132 cm³/mol. The van der Waals surface area contributed by atoms with Crippen LogP contribution in [0, 0.1) is 0 Å². The second kappa shape index (κ2) is 9.37. The molecule has 190 valence electrons. The van der Waals surface area contributed by atoms with Crippen LogP contribution < -0.4 is 14.8 Å². The van der Waals surface area contributed by atoms with Crippen LogP contribution in [0.4, 0.5) is 10.5 Å². The average molecular weight is 494 g/mol. The second-order valence-electron chi connectivity index (χ2n) is 10.3. The van der Waals surface area contributed by atoms with Crippen LogP contribution >= 0.6 is 0 Å². The Balaban J connectivity index is 1.35. The van der Waals surface area contributed by atoms with E-state index in [-0.39, 0.29) is 25.2 Å². The van der Waals surface area contributed by atoms with E-state index in [4.69, 9.17) is 14.2 Å². The van der Waals surface area contributed by atoms with Gasteiger partial charge in [0.15, 0.2) is 11.5 Å². The molecular formula is C27H31N3O6. The summed E-state index contributed by atoms with van der Waals surface area (Å²) in [6.45, 7) is 6.29. The molecule has 1 N–H and O–H groups in total. The summed E-state index contributed by atoms with van der Waals surface area (Å²) >= 11 is 0. The highest BCUT2D eigenvalue weighted by atomic mass is 16.7. The molecule has 0 aliphatic carbocycles. The van der Waals surface area contributed by atoms with Crippen LogP contribution in [0.5, 0.6) is 11.5 Å². The number of ether oxygens (including phenoxy) is 3. The number of fused-ring (bicyclic) bond motifs is 2. The fraction of sp³-hybridized carbons (Fsp3) is 0.444. The number of carbonyl (C=O) groups is 3. The van der Waals surface area contributed by atoms with Gasteiger partial charge in [-0.05, 0) is 56.9 Å². The van der Waals surface area contributed by atoms with Crippen molar-refractivity contribution in [3.05, 3.63) is 53.6 Å². The summed E-state index contributed by atoms with van der Waals surface area (Å²) in [5.74, 6) is 0.699. The molecule has 2 aromatic carbocycles. The van der Waals surface area contributed by atoms with Gasteiger partial charge in [0.2, 0.25) is 18.6 Å². The van der Waals surface area contributed by atoms with Crippen molar-refractivity contribution in [3.8, 4) is 11.5 Å². The third kappa shape index (κ3) is 4.82. The molecule has 2 unspecified atom stereocenters. The van der Waals surface area contributed by atoms with E-state index in [1.807, 2.05) is 24.3 Å². The van der Waals surface area contributed by atoms with E-state index in [0.29, 0.717) is 43.0 Å². The molecule has 0 spiro atoms. The zero-order valence-electron chi connectivity index (χ0n) is 20.8. The lowest BCUT2D eigenvalue weighted by Gasteiger charge is -2.39. The fourth-order valence-electron chi connectivity index (χ4n) is 4.95. The van der Waals surface area contributed by atoms with Crippen molar-refractivity contribution >= 4 is 23.6 Å². The lowest BCUT2D eigenvalue weighted by Crippen LogP contribution is -2.56. The van der Waals surface area contributed by atoms with E-state index in [1.165, 1.54) is 4.90 Å². The van der Waals surface area contributed by atoms with Gasteiger partial charge >= 0.3 is 6.09 Å². The third-order valence-electron chi connectivity index (χ3n) is 6.64. The minimum atomic E-state index is -0.742. The van der Waals surface area contributed by atoms with Gasteiger partial charge in [-0.3, -0.25) is 14.5 Å². The molecule has 36 heavy (non-hydrogen) atoms. The van der Waals surface area contributed by atoms with Crippen molar-refractivity contribution < 1.29 is 28.6 Å². The first-order valence-electron chi connectivity index (χ1n) is 12.3. The zero-order valence-corrected chi connectivity index (χ0v) is 20.8. The quantitative estimate of drug-likeness (QED) is 0.700. The molecule has 3 aliphatic heterocycles. The normalized spacial score (nSPS) is 20.6. The smallest absolute Gasteiger partial charge is 0.411 e. The zero-order chi connectivity index (χ0) is 25.4. The van der Waals surface area contributed by atoms with Crippen molar-refractivity contribution in [2.24, 2.45) is 0 Å². The second-order valence-corrected chi connectivity index (χ2v) is 10.3. The first-order valence-corrected chi connectivity index (χ1v) is 12.3. The molecule has 3 heterocycles. The maximum atomic E-state index is 13.9. The molecule has 5 rings (SSSR count). The SMILES string of the molecule is CC(C)(C)OC(=O)N1Cc2ccccc2CC1C(=O)N1CCCC1C(=O)Nc1ccc2c(c1)OCO2. The molecule has 0 saturated carbocycles. The van der Waals surface area contributed by atoms with E-state index < -0.39 is 23.8 Å². The standard InChI is InChI=1S/C27H31N3O6/c1-27(2,3)36-26(33)30-15-18-8-5-4-7-17(18)13-21(30)25(32)29-12-6-9-20(29)24(31)28-19-10-11-22-23(14-19)35-16-34-22/h4-5,7-8,10-11,14,20-21H,6,9,12-13,15-16H2,1-3H3,(H,28,31). The van der Waals surface area contributed by atoms with E-state index in [2.05, 4.69) is 5.32 Å². The number of hydrogen-bond acceptors (Lipinski definition) is 6. The molecule has 2 aromatic rings. The average Bonchev–Trinajstić information content (AvgIpc) is 3.51. The monoisotopic (exact) mass is 493 g/mol. The molecule has 1 saturated heterocycles. The summed E-state index contributed by atoms with van der Waals surface area (Å²) in [5.41, 5.74) is 1.90. The first kappa shape index (κ1) is 24.0. The fourth-order valence-corrected chi connectivity index (χ4v) is 4.95. The highest BCUT2D eigenvalue weighted by Gasteiger charge is 2.43. The van der Waals surface area contributed by atoms with Crippen molar-refractivity contribution in [3.63, 3.8) is 0 Å². The van der Waals surface area contributed by atoms with Gasteiger partial charge in [-0.2, -0.15) is 0 Å². The summed E-state index contributed by atoms with van der Waals surface area (Å²) in [6.07, 6.45) is 1.11. The van der Waals surface area contributed by atoms with Gasteiger partial charge in [0.25, 0.3) is 0 Å². The van der Waals surface area contributed by atoms with Crippen molar-refractivity contribution in [1.29, 1.82) is 0 Å². The molecule has 0 aromatic heterocycles. The topological polar surface area (TPSA) is 97.4 Å². The van der Waals surface area contributed by atoms with Crippen molar-refractivity contribution in [1.82, 2.24) is 9.80 Å². The largest absolute Gasteiger partial charge is 0.454 e. The van der Waals surface area contributed by atoms with E-state index in [0.717, 1.165) is 11.1 Å². The minimum absolute atomic E-state index is 0.149. The highest BCUT2D eigenvalue weighted by Crippen LogP contribution is 2.35. The molecule has 9 nitrogen and oxygen atoms in total. The Labute approximate surface area is 210 Å². The Morgan fingerprint density at radius 1 is 0.972 bits per heavy atom. The third-order valence-corrected chi connectivity index (χ3v) is 6.64. The number of nitrogens with one attached hydrogen (secondary N) is 1. The summed E-state index contributed by atoms with van der Waals surface area (Å²) in [7, 11) is 0.